The van der Waals surface area contributed by atoms with E-state index in [-0.39, 0.29) is 16.6 Å². The number of anilines is 2. The monoisotopic (exact) mass is 609 g/mol. The van der Waals surface area contributed by atoms with Gasteiger partial charge in [0.05, 0.1) is 22.8 Å². The molecule has 0 spiro atoms. The second-order valence-electron chi connectivity index (χ2n) is 14.6. The van der Waals surface area contributed by atoms with Gasteiger partial charge in [-0.3, -0.25) is 9.88 Å². The van der Waals surface area contributed by atoms with Gasteiger partial charge in [-0.25, -0.2) is 4.99 Å². The van der Waals surface area contributed by atoms with E-state index in [9.17, 15) is 5.11 Å². The number of hydrogen-bond acceptors (Lipinski definition) is 3. The molecule has 0 saturated carbocycles. The normalized spacial score (nSPS) is 12.1. The summed E-state index contributed by atoms with van der Waals surface area (Å²) in [6.07, 6.45) is 4.73. The number of phenolic OH excluding ortho intramolecular Hbond substituents is 1. The standard InChI is InChI=1S/C42H47N3O/c1-28-13-10-11-16-36(28)45(37-25-33(42(7,8)9)18-20-38(37)46)27-44-34-15-12-14-32(24-34)40-39(29(2)21-22-43-40)35-19-17-31(23-30(35)3)26-41(4,5)6/h10-25,27,46H,26H2,1-9H3. The predicted octanol–water partition coefficient (Wildman–Crippen LogP) is 11.4. The van der Waals surface area contributed by atoms with Crippen LogP contribution in [0.1, 0.15) is 69.4 Å². The summed E-state index contributed by atoms with van der Waals surface area (Å²) in [6, 6.07) is 31.1. The number of rotatable bonds is 7. The highest BCUT2D eigenvalue weighted by molar-refractivity contribution is 5.94. The zero-order valence-corrected chi connectivity index (χ0v) is 28.8. The third-order valence-corrected chi connectivity index (χ3v) is 8.37. The van der Waals surface area contributed by atoms with E-state index in [0.717, 1.165) is 45.7 Å². The fraction of sp³-hybridized carbons (Fsp3) is 0.286. The number of aromatic hydroxyl groups is 1. The van der Waals surface area contributed by atoms with Gasteiger partial charge in [0.25, 0.3) is 0 Å². The van der Waals surface area contributed by atoms with Crippen molar-refractivity contribution in [3.63, 3.8) is 0 Å². The molecule has 0 bridgehead atoms. The van der Waals surface area contributed by atoms with E-state index in [1.54, 1.807) is 6.07 Å². The first-order valence-electron chi connectivity index (χ1n) is 16.1. The van der Waals surface area contributed by atoms with Crippen LogP contribution < -0.4 is 4.90 Å². The molecule has 0 aliphatic carbocycles. The Morgan fingerprint density at radius 2 is 1.50 bits per heavy atom. The molecule has 5 rings (SSSR count). The first-order valence-corrected chi connectivity index (χ1v) is 16.1. The predicted molar refractivity (Wildman–Crippen MR) is 196 cm³/mol. The van der Waals surface area contributed by atoms with Crippen molar-refractivity contribution in [2.45, 2.75) is 74.1 Å². The molecule has 0 saturated heterocycles. The molecular weight excluding hydrogens is 562 g/mol. The fourth-order valence-corrected chi connectivity index (χ4v) is 5.97. The smallest absolute Gasteiger partial charge is 0.139 e. The Kier molecular flexibility index (Phi) is 9.21. The van der Waals surface area contributed by atoms with E-state index >= 15 is 0 Å². The van der Waals surface area contributed by atoms with Crippen LogP contribution in [0.3, 0.4) is 0 Å². The van der Waals surface area contributed by atoms with Crippen molar-refractivity contribution in [3.05, 3.63) is 125 Å². The van der Waals surface area contributed by atoms with Crippen molar-refractivity contribution in [2.24, 2.45) is 10.4 Å². The van der Waals surface area contributed by atoms with Gasteiger partial charge in [-0.2, -0.15) is 0 Å². The molecule has 0 aliphatic rings. The molecule has 5 aromatic rings. The molecule has 0 atom stereocenters. The van der Waals surface area contributed by atoms with Crippen LogP contribution in [0.2, 0.25) is 0 Å². The highest BCUT2D eigenvalue weighted by Gasteiger charge is 2.20. The Balaban J connectivity index is 1.57. The molecule has 4 heteroatoms. The first kappa shape index (κ1) is 32.7. The van der Waals surface area contributed by atoms with Crippen LogP contribution in [0, 0.1) is 26.2 Å². The number of benzene rings is 4. The average molecular weight is 610 g/mol. The van der Waals surface area contributed by atoms with Gasteiger partial charge in [-0.15, -0.1) is 0 Å². The summed E-state index contributed by atoms with van der Waals surface area (Å²) in [7, 11) is 0. The Morgan fingerprint density at radius 3 is 2.20 bits per heavy atom. The SMILES string of the molecule is Cc1cc(CC(C)(C)C)ccc1-c1c(C)ccnc1-c1cccc(N=CN(c2ccccc2C)c2cc(C(C)(C)C)ccc2O)c1. The van der Waals surface area contributed by atoms with E-state index in [1.165, 1.54) is 22.3 Å². The van der Waals surface area contributed by atoms with Gasteiger partial charge in [0, 0.05) is 17.3 Å². The van der Waals surface area contributed by atoms with Gasteiger partial charge < -0.3 is 5.11 Å². The number of nitrogens with zero attached hydrogens (tertiary/aromatic N) is 3. The third kappa shape index (κ3) is 7.39. The summed E-state index contributed by atoms with van der Waals surface area (Å²) >= 11 is 0. The fourth-order valence-electron chi connectivity index (χ4n) is 5.97. The van der Waals surface area contributed by atoms with Crippen LogP contribution >= 0.6 is 0 Å². The largest absolute Gasteiger partial charge is 0.506 e. The minimum Gasteiger partial charge on any atom is -0.506 e. The van der Waals surface area contributed by atoms with Crippen LogP contribution in [-0.4, -0.2) is 16.4 Å². The second kappa shape index (κ2) is 13.0. The zero-order chi connectivity index (χ0) is 33.2. The summed E-state index contributed by atoms with van der Waals surface area (Å²) in [5.41, 5.74) is 12.9. The minimum absolute atomic E-state index is 0.0743. The summed E-state index contributed by atoms with van der Waals surface area (Å²) in [5, 5.41) is 11.1. The molecular formula is C42H47N3O. The lowest BCUT2D eigenvalue weighted by Crippen LogP contribution is -2.18. The summed E-state index contributed by atoms with van der Waals surface area (Å²) in [6.45, 7) is 19.8. The molecule has 0 aliphatic heterocycles. The van der Waals surface area contributed by atoms with Crippen molar-refractivity contribution in [1.29, 1.82) is 0 Å². The Bertz CT molecular complexity index is 1890. The van der Waals surface area contributed by atoms with Crippen molar-refractivity contribution in [2.75, 3.05) is 4.90 Å². The summed E-state index contributed by atoms with van der Waals surface area (Å²) in [5.74, 6) is 0.203. The molecule has 1 N–H and O–H groups in total. The topological polar surface area (TPSA) is 48.7 Å². The third-order valence-electron chi connectivity index (χ3n) is 8.37. The van der Waals surface area contributed by atoms with E-state index in [1.807, 2.05) is 47.8 Å². The maximum Gasteiger partial charge on any atom is 0.139 e. The molecule has 0 fully saturated rings. The van der Waals surface area contributed by atoms with Crippen LogP contribution in [-0.2, 0) is 11.8 Å². The summed E-state index contributed by atoms with van der Waals surface area (Å²) in [4.78, 5) is 11.8. The lowest BCUT2D eigenvalue weighted by Gasteiger charge is -2.26. The average Bonchev–Trinajstić information content (AvgIpc) is 2.98. The number of para-hydroxylation sites is 1. The zero-order valence-electron chi connectivity index (χ0n) is 28.8. The molecule has 46 heavy (non-hydrogen) atoms. The van der Waals surface area contributed by atoms with Gasteiger partial charge in [0.2, 0.25) is 0 Å². The highest BCUT2D eigenvalue weighted by atomic mass is 16.3. The Morgan fingerprint density at radius 1 is 0.739 bits per heavy atom. The number of aliphatic imine (C=N–C) groups is 1. The molecule has 1 heterocycles. The van der Waals surface area contributed by atoms with Crippen LogP contribution in [0.15, 0.2) is 102 Å². The highest BCUT2D eigenvalue weighted by Crippen LogP contribution is 2.39. The van der Waals surface area contributed by atoms with Gasteiger partial charge in [0.15, 0.2) is 0 Å². The maximum atomic E-state index is 11.1. The van der Waals surface area contributed by atoms with Gasteiger partial charge in [-0.05, 0) is 108 Å². The molecule has 0 unspecified atom stereocenters. The van der Waals surface area contributed by atoms with E-state index < -0.39 is 0 Å². The molecule has 236 valence electrons. The van der Waals surface area contributed by atoms with Crippen LogP contribution in [0.5, 0.6) is 5.75 Å². The Hall–Kier alpha value is -4.70. The quantitative estimate of drug-likeness (QED) is 0.147. The van der Waals surface area contributed by atoms with Crippen LogP contribution in [0.25, 0.3) is 22.4 Å². The number of phenols is 1. The maximum absolute atomic E-state index is 11.1. The molecule has 0 radical (unpaired) electrons. The van der Waals surface area contributed by atoms with E-state index in [4.69, 9.17) is 9.98 Å². The van der Waals surface area contributed by atoms with Crippen LogP contribution in [0.4, 0.5) is 17.1 Å². The minimum atomic E-state index is -0.0743. The van der Waals surface area contributed by atoms with Gasteiger partial charge in [-0.1, -0.05) is 96.1 Å². The number of aryl methyl sites for hydroxylation is 3. The van der Waals surface area contributed by atoms with Crippen molar-refractivity contribution >= 4 is 23.4 Å². The van der Waals surface area contributed by atoms with Crippen molar-refractivity contribution in [3.8, 4) is 28.1 Å². The molecule has 1 aromatic heterocycles. The number of pyridine rings is 1. The second-order valence-corrected chi connectivity index (χ2v) is 14.6. The molecule has 4 aromatic carbocycles. The first-order chi connectivity index (χ1) is 21.7. The van der Waals surface area contributed by atoms with Crippen molar-refractivity contribution in [1.82, 2.24) is 4.98 Å². The van der Waals surface area contributed by atoms with E-state index in [0.29, 0.717) is 5.69 Å². The number of aromatic nitrogens is 1. The van der Waals surface area contributed by atoms with E-state index in [2.05, 4.69) is 117 Å². The number of hydrogen-bond donors (Lipinski definition) is 1. The molecule has 0 amide bonds. The van der Waals surface area contributed by atoms with Crippen molar-refractivity contribution < 1.29 is 5.11 Å². The lowest BCUT2D eigenvalue weighted by molar-refractivity contribution is 0.411. The molecule has 4 nitrogen and oxygen atoms in total. The van der Waals surface area contributed by atoms with Gasteiger partial charge >= 0.3 is 0 Å². The summed E-state index contributed by atoms with van der Waals surface area (Å²) < 4.78 is 0. The Labute approximate surface area is 275 Å². The van der Waals surface area contributed by atoms with Gasteiger partial charge in [0.1, 0.15) is 12.1 Å². The lowest BCUT2D eigenvalue weighted by atomic mass is 9.85.